The first-order valence-electron chi connectivity index (χ1n) is 15.2. The second-order valence-corrected chi connectivity index (χ2v) is 11.1. The number of rotatable bonds is 15. The molecule has 0 aliphatic heterocycles. The van der Waals surface area contributed by atoms with Gasteiger partial charge in [0, 0.05) is 44.5 Å². The van der Waals surface area contributed by atoms with Gasteiger partial charge in [-0.2, -0.15) is 0 Å². The van der Waals surface area contributed by atoms with E-state index in [0.29, 0.717) is 24.8 Å². The van der Waals surface area contributed by atoms with Crippen molar-refractivity contribution >= 4 is 29.6 Å². The van der Waals surface area contributed by atoms with E-state index in [1.165, 1.54) is 32.0 Å². The Morgan fingerprint density at radius 2 is 1.46 bits per heavy atom. The molecule has 1 atom stereocenters. The summed E-state index contributed by atoms with van der Waals surface area (Å²) in [5.41, 5.74) is 5.00. The number of hydrogen-bond donors (Lipinski definition) is 3. The average molecular weight is 631 g/mol. The molecule has 242 valence electrons. The molecule has 3 amide bonds. The first kappa shape index (κ1) is 33.6. The maximum Gasteiger partial charge on any atom is 0.407 e. The van der Waals surface area contributed by atoms with Gasteiger partial charge in [-0.05, 0) is 60.6 Å². The first-order valence-corrected chi connectivity index (χ1v) is 15.2. The van der Waals surface area contributed by atoms with Crippen LogP contribution in [0.4, 0.5) is 15.3 Å². The molecule has 3 N–H and O–H groups in total. The van der Waals surface area contributed by atoms with Crippen molar-refractivity contribution in [2.24, 2.45) is 0 Å². The van der Waals surface area contributed by atoms with E-state index in [4.69, 9.17) is 9.47 Å². The minimum Gasteiger partial charge on any atom is -0.449 e. The summed E-state index contributed by atoms with van der Waals surface area (Å²) < 4.78 is 10.9. The molecule has 0 bridgehead atoms. The minimum atomic E-state index is -0.974. The van der Waals surface area contributed by atoms with E-state index >= 15 is 0 Å². The van der Waals surface area contributed by atoms with Crippen molar-refractivity contribution in [1.82, 2.24) is 16.0 Å². The lowest BCUT2D eigenvalue weighted by molar-refractivity contribution is -0.386. The van der Waals surface area contributed by atoms with Crippen molar-refractivity contribution in [3.05, 3.63) is 99.1 Å². The van der Waals surface area contributed by atoms with Crippen molar-refractivity contribution in [2.45, 2.75) is 58.1 Å². The Morgan fingerprint density at radius 1 is 0.848 bits per heavy atom. The number of ketones is 1. The zero-order valence-corrected chi connectivity index (χ0v) is 25.9. The number of nitro benzene ring substituents is 1. The second-order valence-electron chi connectivity index (χ2n) is 11.1. The van der Waals surface area contributed by atoms with E-state index in [2.05, 4.69) is 28.1 Å². The van der Waals surface area contributed by atoms with Gasteiger partial charge in [-0.15, -0.1) is 0 Å². The summed E-state index contributed by atoms with van der Waals surface area (Å²) in [5, 5.41) is 19.5. The normalized spacial score (nSPS) is 12.3. The highest BCUT2D eigenvalue weighted by atomic mass is 16.6. The van der Waals surface area contributed by atoms with Crippen LogP contribution in [0.3, 0.4) is 0 Å². The van der Waals surface area contributed by atoms with Crippen LogP contribution < -0.4 is 16.0 Å². The number of nitrogens with zero attached hydrogens (tertiary/aromatic N) is 1. The number of Topliss-reactive ketones (excluding diaryl/α,β-unsaturated/α-hetero) is 1. The van der Waals surface area contributed by atoms with Crippen molar-refractivity contribution in [2.75, 3.05) is 19.7 Å². The van der Waals surface area contributed by atoms with Crippen LogP contribution in [0.25, 0.3) is 11.1 Å². The number of benzene rings is 3. The number of unbranched alkanes of at least 4 members (excludes halogenated alkanes) is 1. The van der Waals surface area contributed by atoms with Crippen LogP contribution in [-0.2, 0) is 25.6 Å². The highest BCUT2D eigenvalue weighted by Crippen LogP contribution is 2.44. The molecule has 1 aliphatic rings. The van der Waals surface area contributed by atoms with Gasteiger partial charge in [-0.1, -0.05) is 54.6 Å². The number of fused-ring (bicyclic) bond motifs is 3. The third kappa shape index (κ3) is 9.13. The predicted octanol–water partition coefficient (Wildman–Crippen LogP) is 5.69. The topological polar surface area (TPSA) is 166 Å². The Balaban J connectivity index is 1.20. The molecule has 3 aromatic rings. The number of ether oxygens (including phenoxy) is 2. The molecule has 0 saturated carbocycles. The monoisotopic (exact) mass is 630 g/mol. The fraction of sp³-hybridized carbons (Fsp3) is 0.353. The van der Waals surface area contributed by atoms with E-state index in [9.17, 15) is 29.3 Å². The molecular weight excluding hydrogens is 592 g/mol. The van der Waals surface area contributed by atoms with Gasteiger partial charge in [0.1, 0.15) is 18.5 Å². The SMILES string of the molecule is CC(=O)CCCCC(=O)NCc1ccc([N+](=O)[O-])c(C(C)OC(=O)NCCNC(=O)OCC2c3ccccc3-c3ccccc32)c1. The molecule has 0 spiro atoms. The smallest absolute Gasteiger partial charge is 0.407 e. The van der Waals surface area contributed by atoms with Crippen LogP contribution in [0, 0.1) is 10.1 Å². The predicted molar refractivity (Wildman–Crippen MR) is 170 cm³/mol. The van der Waals surface area contributed by atoms with Crippen LogP contribution in [0.15, 0.2) is 66.7 Å². The Hall–Kier alpha value is -5.26. The van der Waals surface area contributed by atoms with Crippen molar-refractivity contribution < 1.29 is 33.6 Å². The van der Waals surface area contributed by atoms with Crippen LogP contribution in [0.1, 0.15) is 73.8 Å². The van der Waals surface area contributed by atoms with Gasteiger partial charge in [0.05, 0.1) is 10.5 Å². The van der Waals surface area contributed by atoms with Gasteiger partial charge >= 0.3 is 12.2 Å². The van der Waals surface area contributed by atoms with Gasteiger partial charge in [-0.3, -0.25) is 14.9 Å². The molecule has 0 fully saturated rings. The molecule has 12 nitrogen and oxygen atoms in total. The van der Waals surface area contributed by atoms with E-state index < -0.39 is 23.2 Å². The van der Waals surface area contributed by atoms with E-state index in [-0.39, 0.29) is 61.5 Å². The quantitative estimate of drug-likeness (QED) is 0.109. The van der Waals surface area contributed by atoms with Gasteiger partial charge in [0.25, 0.3) is 5.69 Å². The van der Waals surface area contributed by atoms with Crippen molar-refractivity contribution in [3.63, 3.8) is 0 Å². The summed E-state index contributed by atoms with van der Waals surface area (Å²) >= 11 is 0. The number of hydrogen-bond acceptors (Lipinski definition) is 8. The summed E-state index contributed by atoms with van der Waals surface area (Å²) in [7, 11) is 0. The number of carbonyl (C=O) groups is 4. The zero-order chi connectivity index (χ0) is 33.1. The average Bonchev–Trinajstić information content (AvgIpc) is 3.36. The zero-order valence-electron chi connectivity index (χ0n) is 25.9. The molecule has 0 aromatic heterocycles. The maximum absolute atomic E-state index is 12.4. The lowest BCUT2D eigenvalue weighted by Gasteiger charge is -2.16. The lowest BCUT2D eigenvalue weighted by atomic mass is 9.98. The molecular formula is C34H38N4O8. The van der Waals surface area contributed by atoms with Gasteiger partial charge in [0.15, 0.2) is 0 Å². The molecule has 1 unspecified atom stereocenters. The Bertz CT molecular complexity index is 1550. The molecule has 3 aromatic carbocycles. The second kappa shape index (κ2) is 16.2. The lowest BCUT2D eigenvalue weighted by Crippen LogP contribution is -2.36. The van der Waals surface area contributed by atoms with Crippen molar-refractivity contribution in [3.8, 4) is 11.1 Å². The molecule has 12 heteroatoms. The number of nitro groups is 1. The molecule has 46 heavy (non-hydrogen) atoms. The number of carbonyl (C=O) groups excluding carboxylic acids is 4. The standard InChI is InChI=1S/C34H38N4O8/c1-22(39)9-3-8-14-32(40)37-20-24-15-16-31(38(43)44)29(19-24)23(2)46-34(42)36-18-17-35-33(41)45-21-30-27-12-6-4-10-25(27)26-11-5-7-13-28(26)30/h4-7,10-13,15-16,19,23,30H,3,8-9,14,17-18,20-21H2,1-2H3,(H,35,41)(H,36,42)(H,37,40). The maximum atomic E-state index is 12.4. The van der Waals surface area contributed by atoms with Gasteiger partial charge < -0.3 is 30.2 Å². The van der Waals surface area contributed by atoms with Crippen LogP contribution in [0.5, 0.6) is 0 Å². The van der Waals surface area contributed by atoms with E-state index in [1.807, 2.05) is 36.4 Å². The van der Waals surface area contributed by atoms with Gasteiger partial charge in [-0.25, -0.2) is 9.59 Å². The van der Waals surface area contributed by atoms with Crippen molar-refractivity contribution in [1.29, 1.82) is 0 Å². The van der Waals surface area contributed by atoms with E-state index in [0.717, 1.165) is 22.3 Å². The Kier molecular flexibility index (Phi) is 11.8. The van der Waals surface area contributed by atoms with Crippen LogP contribution in [-0.4, -0.2) is 48.5 Å². The summed E-state index contributed by atoms with van der Waals surface area (Å²) in [6, 6.07) is 20.4. The van der Waals surface area contributed by atoms with E-state index in [1.54, 1.807) is 0 Å². The summed E-state index contributed by atoms with van der Waals surface area (Å²) in [6.45, 7) is 3.43. The minimum absolute atomic E-state index is 0.0380. The molecule has 0 heterocycles. The summed E-state index contributed by atoms with van der Waals surface area (Å²) in [6.07, 6.45) is -0.507. The first-order chi connectivity index (χ1) is 22.1. The molecule has 1 aliphatic carbocycles. The third-order valence-electron chi connectivity index (χ3n) is 7.69. The van der Waals surface area contributed by atoms with Crippen LogP contribution >= 0.6 is 0 Å². The van der Waals surface area contributed by atoms with Crippen LogP contribution in [0.2, 0.25) is 0 Å². The summed E-state index contributed by atoms with van der Waals surface area (Å²) in [4.78, 5) is 59.0. The Labute approximate surface area is 267 Å². The number of amides is 3. The fourth-order valence-corrected chi connectivity index (χ4v) is 5.40. The molecule has 0 radical (unpaired) electrons. The fourth-order valence-electron chi connectivity index (χ4n) is 5.40. The largest absolute Gasteiger partial charge is 0.449 e. The Morgan fingerprint density at radius 3 is 2.09 bits per heavy atom. The number of nitrogens with one attached hydrogen (secondary N) is 3. The van der Waals surface area contributed by atoms with Gasteiger partial charge in [0.2, 0.25) is 5.91 Å². The molecule has 0 saturated heterocycles. The number of alkyl carbamates (subject to hydrolysis) is 2. The highest BCUT2D eigenvalue weighted by Gasteiger charge is 2.29. The third-order valence-corrected chi connectivity index (χ3v) is 7.69. The molecule has 4 rings (SSSR count). The summed E-state index contributed by atoms with van der Waals surface area (Å²) in [5.74, 6) is -0.192. The highest BCUT2D eigenvalue weighted by molar-refractivity contribution is 5.79.